The largest absolute Gasteiger partial charge is 0.499 e. The van der Waals surface area contributed by atoms with Gasteiger partial charge in [0.15, 0.2) is 0 Å². The lowest BCUT2D eigenvalue weighted by molar-refractivity contribution is -0.144. The van der Waals surface area contributed by atoms with Crippen LogP contribution in [0.2, 0.25) is 0 Å². The fourth-order valence-electron chi connectivity index (χ4n) is 5.76. The van der Waals surface area contributed by atoms with E-state index in [-0.39, 0.29) is 5.97 Å². The Hall–Kier alpha value is -0.990. The van der Waals surface area contributed by atoms with Gasteiger partial charge in [-0.1, -0.05) is 162 Å². The molecule has 0 radical (unpaired) electrons. The van der Waals surface area contributed by atoms with E-state index >= 15 is 0 Å². The second-order valence-corrected chi connectivity index (χ2v) is 12.7. The molecule has 0 aromatic rings. The number of allylic oxidation sites excluding steroid dienone is 1. The molecule has 0 aromatic heterocycles. The fraction of sp³-hybridized carbons (Fsp3) is 0.919. The molecule has 0 bridgehead atoms. The molecule has 0 rings (SSSR count). The topological polar surface area (TPSA) is 35.5 Å². The normalized spacial score (nSPS) is 12.1. The van der Waals surface area contributed by atoms with Crippen LogP contribution >= 0.6 is 0 Å². The molecule has 1 unspecified atom stereocenters. The van der Waals surface area contributed by atoms with Crippen molar-refractivity contribution in [1.29, 1.82) is 0 Å². The third-order valence-corrected chi connectivity index (χ3v) is 8.50. The predicted octanol–water partition coefficient (Wildman–Crippen LogP) is 12.5. The minimum absolute atomic E-state index is 0.0159. The first-order valence-electron chi connectivity index (χ1n) is 18.0. The highest BCUT2D eigenvalue weighted by Gasteiger charge is 2.11. The number of esters is 1. The second-order valence-electron chi connectivity index (χ2n) is 12.7. The molecule has 0 aliphatic rings. The molecule has 238 valence electrons. The van der Waals surface area contributed by atoms with E-state index in [0.717, 1.165) is 37.5 Å². The maximum Gasteiger partial charge on any atom is 0.305 e. The monoisotopic (exact) mass is 565 g/mol. The summed E-state index contributed by atoms with van der Waals surface area (Å²) in [5, 5.41) is 0. The molecule has 0 N–H and O–H groups in total. The lowest BCUT2D eigenvalue weighted by Crippen LogP contribution is -2.10. The van der Waals surface area contributed by atoms with Gasteiger partial charge >= 0.3 is 5.97 Å². The molecule has 0 aromatic carbocycles. The van der Waals surface area contributed by atoms with Gasteiger partial charge < -0.3 is 9.47 Å². The molecule has 0 aliphatic carbocycles. The van der Waals surface area contributed by atoms with Gasteiger partial charge in [-0.25, -0.2) is 0 Å². The van der Waals surface area contributed by atoms with Crippen LogP contribution in [0.4, 0.5) is 0 Å². The molecule has 0 fully saturated rings. The molecule has 0 aliphatic heterocycles. The molecule has 3 nitrogen and oxygen atoms in total. The summed E-state index contributed by atoms with van der Waals surface area (Å²) in [6.07, 6.45) is 32.9. The first-order chi connectivity index (χ1) is 19.5. The van der Waals surface area contributed by atoms with Gasteiger partial charge in [0.25, 0.3) is 0 Å². The van der Waals surface area contributed by atoms with E-state index in [2.05, 4.69) is 27.4 Å². The molecule has 1 atom stereocenters. The molecular formula is C37H72O3. The van der Waals surface area contributed by atoms with Crippen molar-refractivity contribution >= 4 is 5.97 Å². The molecule has 3 heteroatoms. The highest BCUT2D eigenvalue weighted by Crippen LogP contribution is 2.22. The van der Waals surface area contributed by atoms with Gasteiger partial charge in [-0.05, 0) is 44.4 Å². The van der Waals surface area contributed by atoms with Crippen molar-refractivity contribution in [2.45, 2.75) is 195 Å². The summed E-state index contributed by atoms with van der Waals surface area (Å²) in [7, 11) is 0. The molecule has 0 saturated heterocycles. The van der Waals surface area contributed by atoms with Gasteiger partial charge in [-0.3, -0.25) is 4.79 Å². The van der Waals surface area contributed by atoms with E-state index in [9.17, 15) is 4.79 Å². The zero-order valence-corrected chi connectivity index (χ0v) is 27.9. The predicted molar refractivity (Wildman–Crippen MR) is 176 cm³/mol. The highest BCUT2D eigenvalue weighted by molar-refractivity contribution is 5.69. The Morgan fingerprint density at radius 1 is 0.525 bits per heavy atom. The van der Waals surface area contributed by atoms with Crippen LogP contribution in [0.1, 0.15) is 195 Å². The minimum Gasteiger partial charge on any atom is -0.499 e. The quantitative estimate of drug-likeness (QED) is 0.0463. The average molecular weight is 565 g/mol. The number of ether oxygens (including phenoxy) is 2. The highest BCUT2D eigenvalue weighted by atomic mass is 16.5. The van der Waals surface area contributed by atoms with Crippen molar-refractivity contribution in [3.63, 3.8) is 0 Å². The molecular weight excluding hydrogens is 492 g/mol. The van der Waals surface area contributed by atoms with Crippen molar-refractivity contribution < 1.29 is 14.3 Å². The minimum atomic E-state index is 0.0159. The van der Waals surface area contributed by atoms with Crippen LogP contribution in [-0.2, 0) is 14.3 Å². The lowest BCUT2D eigenvalue weighted by Gasteiger charge is -2.18. The maximum absolute atomic E-state index is 12.2. The smallest absolute Gasteiger partial charge is 0.305 e. The van der Waals surface area contributed by atoms with Gasteiger partial charge in [0.1, 0.15) is 0 Å². The van der Waals surface area contributed by atoms with Crippen molar-refractivity contribution in [3.05, 3.63) is 12.3 Å². The van der Waals surface area contributed by atoms with Gasteiger partial charge in [0, 0.05) is 6.42 Å². The molecule has 40 heavy (non-hydrogen) atoms. The average Bonchev–Trinajstić information content (AvgIpc) is 2.93. The van der Waals surface area contributed by atoms with Gasteiger partial charge in [-0.2, -0.15) is 0 Å². The van der Waals surface area contributed by atoms with Crippen molar-refractivity contribution in [1.82, 2.24) is 0 Å². The number of hydrogen-bond donors (Lipinski definition) is 0. The Kier molecular flexibility index (Phi) is 30.2. The maximum atomic E-state index is 12.2. The summed E-state index contributed by atoms with van der Waals surface area (Å²) in [5.41, 5.74) is 0. The first kappa shape index (κ1) is 39.0. The summed E-state index contributed by atoms with van der Waals surface area (Å²) in [5.74, 6) is 2.27. The van der Waals surface area contributed by atoms with E-state index in [1.165, 1.54) is 141 Å². The SMILES string of the molecule is C=C(C)OCC(CCCCCCCCCC)CCCCCCCCC(=O)OCCC(CCCCC)CCCCC. The van der Waals surface area contributed by atoms with Crippen LogP contribution in [-0.4, -0.2) is 19.2 Å². The number of unbranched alkanes of at least 4 members (excludes halogenated alkanes) is 16. The van der Waals surface area contributed by atoms with Crippen LogP contribution < -0.4 is 0 Å². The van der Waals surface area contributed by atoms with Crippen LogP contribution in [0.15, 0.2) is 12.3 Å². The standard InChI is InChI=1S/C37H72O3/c1-6-9-12-13-14-15-18-23-28-36(33-40-34(4)5)29-24-19-16-17-20-25-30-37(38)39-32-31-35(26-21-10-7-2)27-22-11-8-3/h35-36H,4,6-33H2,1-3,5H3. The van der Waals surface area contributed by atoms with Crippen LogP contribution in [0.25, 0.3) is 0 Å². The molecule has 0 amide bonds. The van der Waals surface area contributed by atoms with Crippen LogP contribution in [0.3, 0.4) is 0 Å². The molecule has 0 heterocycles. The van der Waals surface area contributed by atoms with Gasteiger partial charge in [0.2, 0.25) is 0 Å². The Bertz CT molecular complexity index is 534. The number of rotatable bonds is 32. The van der Waals surface area contributed by atoms with Crippen molar-refractivity contribution in [3.8, 4) is 0 Å². The van der Waals surface area contributed by atoms with Crippen molar-refractivity contribution in [2.75, 3.05) is 13.2 Å². The third kappa shape index (κ3) is 28.5. The third-order valence-electron chi connectivity index (χ3n) is 8.50. The Balaban J connectivity index is 3.88. The first-order valence-corrected chi connectivity index (χ1v) is 18.0. The second kappa shape index (κ2) is 31.0. The molecule has 0 spiro atoms. The van der Waals surface area contributed by atoms with E-state index in [4.69, 9.17) is 9.47 Å². The van der Waals surface area contributed by atoms with Crippen LogP contribution in [0, 0.1) is 11.8 Å². The fourth-order valence-corrected chi connectivity index (χ4v) is 5.76. The van der Waals surface area contributed by atoms with Gasteiger partial charge in [0.05, 0.1) is 19.0 Å². The number of hydrogen-bond acceptors (Lipinski definition) is 3. The summed E-state index contributed by atoms with van der Waals surface area (Å²) in [6.45, 7) is 14.2. The Morgan fingerprint density at radius 3 is 1.43 bits per heavy atom. The zero-order chi connectivity index (χ0) is 29.5. The van der Waals surface area contributed by atoms with Gasteiger partial charge in [-0.15, -0.1) is 0 Å². The summed E-state index contributed by atoms with van der Waals surface area (Å²) < 4.78 is 11.4. The van der Waals surface area contributed by atoms with E-state index in [1.807, 2.05) is 6.92 Å². The van der Waals surface area contributed by atoms with E-state index in [1.54, 1.807) is 0 Å². The Labute approximate surface area is 252 Å². The van der Waals surface area contributed by atoms with E-state index in [0.29, 0.717) is 18.9 Å². The summed E-state index contributed by atoms with van der Waals surface area (Å²) in [6, 6.07) is 0. The van der Waals surface area contributed by atoms with Crippen LogP contribution in [0.5, 0.6) is 0 Å². The number of carbonyl (C=O) groups excluding carboxylic acids is 1. The van der Waals surface area contributed by atoms with E-state index < -0.39 is 0 Å². The summed E-state index contributed by atoms with van der Waals surface area (Å²) >= 11 is 0. The lowest BCUT2D eigenvalue weighted by atomic mass is 9.92. The molecule has 0 saturated carbocycles. The number of carbonyl (C=O) groups is 1. The summed E-state index contributed by atoms with van der Waals surface area (Å²) in [4.78, 5) is 12.2. The Morgan fingerprint density at radius 2 is 0.925 bits per heavy atom. The van der Waals surface area contributed by atoms with Crippen molar-refractivity contribution in [2.24, 2.45) is 11.8 Å². The zero-order valence-electron chi connectivity index (χ0n) is 27.9.